The Bertz CT molecular complexity index is 168. The van der Waals surface area contributed by atoms with E-state index in [1.807, 2.05) is 0 Å². The van der Waals surface area contributed by atoms with E-state index in [4.69, 9.17) is 10.2 Å². The fourth-order valence-corrected chi connectivity index (χ4v) is 0.543. The van der Waals surface area contributed by atoms with Crippen molar-refractivity contribution in [3.05, 3.63) is 11.3 Å². The molecule has 0 atom stereocenters. The number of aliphatic carboxylic acids is 1. The van der Waals surface area contributed by atoms with Crippen LogP contribution in [0.2, 0.25) is 0 Å². The highest BCUT2D eigenvalue weighted by molar-refractivity contribution is 5.86. The van der Waals surface area contributed by atoms with Crippen molar-refractivity contribution >= 4 is 5.97 Å². The van der Waals surface area contributed by atoms with Gasteiger partial charge >= 0.3 is 5.97 Å². The molecule has 3 heteroatoms. The molecule has 0 fully saturated rings. The lowest BCUT2D eigenvalue weighted by Gasteiger charge is -2.04. The molecule has 10 heavy (non-hydrogen) atoms. The number of allylic oxidation sites excluding steroid dienone is 1. The van der Waals surface area contributed by atoms with Crippen molar-refractivity contribution in [2.75, 3.05) is 0 Å². The van der Waals surface area contributed by atoms with Gasteiger partial charge in [0.15, 0.2) is 0 Å². The smallest absolute Gasteiger partial charge is 0.334 e. The first-order valence-corrected chi connectivity index (χ1v) is 3.09. The number of aliphatic hydroxyl groups is 1. The van der Waals surface area contributed by atoms with E-state index in [0.717, 1.165) is 0 Å². The minimum atomic E-state index is -1.06. The summed E-state index contributed by atoms with van der Waals surface area (Å²) in [7, 11) is 0. The number of rotatable bonds is 2. The van der Waals surface area contributed by atoms with Crippen LogP contribution in [0.3, 0.4) is 0 Å². The summed E-state index contributed by atoms with van der Waals surface area (Å²) in [5.41, 5.74) is 0.0231. The fraction of sp³-hybridized carbons (Fsp3) is 0.571. The van der Waals surface area contributed by atoms with Crippen LogP contribution in [-0.2, 0) is 4.79 Å². The zero-order valence-corrected chi connectivity index (χ0v) is 6.38. The summed E-state index contributed by atoms with van der Waals surface area (Å²) in [6, 6.07) is 0. The van der Waals surface area contributed by atoms with Gasteiger partial charge in [-0.05, 0) is 6.92 Å². The predicted octanol–water partition coefficient (Wildman–Crippen LogP) is 1.56. The van der Waals surface area contributed by atoms with Crippen LogP contribution in [-0.4, -0.2) is 16.2 Å². The van der Waals surface area contributed by atoms with Crippen LogP contribution < -0.4 is 0 Å². The van der Waals surface area contributed by atoms with Crippen LogP contribution in [0.5, 0.6) is 0 Å². The van der Waals surface area contributed by atoms with Crippen molar-refractivity contribution in [1.29, 1.82) is 0 Å². The van der Waals surface area contributed by atoms with Gasteiger partial charge in [0, 0.05) is 5.92 Å². The number of carboxylic acids is 1. The van der Waals surface area contributed by atoms with Crippen LogP contribution in [0.1, 0.15) is 20.8 Å². The molecule has 0 radical (unpaired) electrons. The van der Waals surface area contributed by atoms with Crippen molar-refractivity contribution in [3.8, 4) is 0 Å². The van der Waals surface area contributed by atoms with Crippen molar-refractivity contribution in [1.82, 2.24) is 0 Å². The lowest BCUT2D eigenvalue weighted by atomic mass is 10.1. The molecule has 58 valence electrons. The lowest BCUT2D eigenvalue weighted by molar-refractivity contribution is -0.132. The topological polar surface area (TPSA) is 57.5 Å². The van der Waals surface area contributed by atoms with Crippen LogP contribution in [0.15, 0.2) is 11.3 Å². The van der Waals surface area contributed by atoms with Gasteiger partial charge in [-0.2, -0.15) is 0 Å². The van der Waals surface area contributed by atoms with E-state index in [2.05, 4.69) is 0 Å². The molecule has 0 heterocycles. The molecule has 0 aliphatic rings. The van der Waals surface area contributed by atoms with Crippen LogP contribution in [0.25, 0.3) is 0 Å². The molecule has 0 aromatic heterocycles. The minimum Gasteiger partial charge on any atom is -0.511 e. The molecular weight excluding hydrogens is 132 g/mol. The number of carboxylic acid groups (broad SMARTS) is 1. The molecule has 0 spiro atoms. The molecule has 0 rings (SSSR count). The summed E-state index contributed by atoms with van der Waals surface area (Å²) in [6.07, 6.45) is 0. The van der Waals surface area contributed by atoms with Gasteiger partial charge in [-0.15, -0.1) is 0 Å². The van der Waals surface area contributed by atoms with Crippen LogP contribution in [0, 0.1) is 5.92 Å². The lowest BCUT2D eigenvalue weighted by Crippen LogP contribution is -2.04. The highest BCUT2D eigenvalue weighted by atomic mass is 16.4. The Morgan fingerprint density at radius 2 is 1.70 bits per heavy atom. The largest absolute Gasteiger partial charge is 0.511 e. The Hall–Kier alpha value is -0.990. The van der Waals surface area contributed by atoms with Gasteiger partial charge < -0.3 is 10.2 Å². The maximum atomic E-state index is 10.2. The first kappa shape index (κ1) is 9.01. The maximum Gasteiger partial charge on any atom is 0.334 e. The van der Waals surface area contributed by atoms with Gasteiger partial charge in [-0.1, -0.05) is 13.8 Å². The highest BCUT2D eigenvalue weighted by Gasteiger charge is 2.10. The van der Waals surface area contributed by atoms with Crippen LogP contribution >= 0.6 is 0 Å². The molecule has 0 aromatic rings. The molecule has 0 amide bonds. The Morgan fingerprint density at radius 3 is 1.80 bits per heavy atom. The third kappa shape index (κ3) is 2.09. The van der Waals surface area contributed by atoms with E-state index in [0.29, 0.717) is 0 Å². The van der Waals surface area contributed by atoms with Gasteiger partial charge in [0.05, 0.1) is 5.57 Å². The second-order valence-electron chi connectivity index (χ2n) is 2.47. The summed E-state index contributed by atoms with van der Waals surface area (Å²) in [4.78, 5) is 10.2. The second-order valence-corrected chi connectivity index (χ2v) is 2.47. The third-order valence-electron chi connectivity index (χ3n) is 1.25. The number of carbonyl (C=O) groups is 1. The van der Waals surface area contributed by atoms with E-state index in [1.54, 1.807) is 13.8 Å². The number of aliphatic hydroxyl groups excluding tert-OH is 1. The molecule has 0 aliphatic heterocycles. The number of hydrogen-bond donors (Lipinski definition) is 2. The first-order valence-electron chi connectivity index (χ1n) is 3.09. The standard InChI is InChI=1S/C7H12O3/c1-4(2)6(8)5(3)7(9)10/h4,8H,1-3H3,(H,9,10). The van der Waals surface area contributed by atoms with Crippen molar-refractivity contribution in [2.24, 2.45) is 5.92 Å². The Labute approximate surface area is 60.0 Å². The van der Waals surface area contributed by atoms with Gasteiger partial charge in [0.2, 0.25) is 0 Å². The zero-order valence-electron chi connectivity index (χ0n) is 6.38. The molecule has 0 bridgehead atoms. The average molecular weight is 144 g/mol. The SMILES string of the molecule is CC(C(=O)O)=C(O)C(C)C. The molecule has 0 aliphatic carbocycles. The molecular formula is C7H12O3. The Kier molecular flexibility index (Phi) is 2.93. The van der Waals surface area contributed by atoms with Crippen LogP contribution in [0.4, 0.5) is 0 Å². The molecule has 2 N–H and O–H groups in total. The third-order valence-corrected chi connectivity index (χ3v) is 1.25. The first-order chi connectivity index (χ1) is 4.46. The van der Waals surface area contributed by atoms with Crippen molar-refractivity contribution in [2.45, 2.75) is 20.8 Å². The molecule has 0 saturated carbocycles. The Balaban J connectivity index is 4.50. The summed E-state index contributed by atoms with van der Waals surface area (Å²) >= 11 is 0. The summed E-state index contributed by atoms with van der Waals surface area (Å²) in [6.45, 7) is 4.86. The summed E-state index contributed by atoms with van der Waals surface area (Å²) in [5, 5.41) is 17.4. The zero-order chi connectivity index (χ0) is 8.31. The van der Waals surface area contributed by atoms with Gasteiger partial charge in [-0.25, -0.2) is 4.79 Å². The Morgan fingerprint density at radius 1 is 1.30 bits per heavy atom. The number of hydrogen-bond acceptors (Lipinski definition) is 2. The quantitative estimate of drug-likeness (QED) is 0.456. The van der Waals surface area contributed by atoms with E-state index < -0.39 is 5.97 Å². The highest BCUT2D eigenvalue weighted by Crippen LogP contribution is 2.10. The fourth-order valence-electron chi connectivity index (χ4n) is 0.543. The minimum absolute atomic E-state index is 0.0231. The molecule has 0 aromatic carbocycles. The van der Waals surface area contributed by atoms with Gasteiger partial charge in [0.25, 0.3) is 0 Å². The van der Waals surface area contributed by atoms with E-state index in [-0.39, 0.29) is 17.3 Å². The van der Waals surface area contributed by atoms with Gasteiger partial charge in [-0.3, -0.25) is 0 Å². The van der Waals surface area contributed by atoms with E-state index >= 15 is 0 Å². The molecule has 0 unspecified atom stereocenters. The van der Waals surface area contributed by atoms with E-state index in [1.165, 1.54) is 6.92 Å². The normalized spacial score (nSPS) is 13.2. The molecule has 3 nitrogen and oxygen atoms in total. The summed E-state index contributed by atoms with van der Waals surface area (Å²) < 4.78 is 0. The summed E-state index contributed by atoms with van der Waals surface area (Å²) in [5.74, 6) is -1.23. The van der Waals surface area contributed by atoms with Crippen molar-refractivity contribution < 1.29 is 15.0 Å². The van der Waals surface area contributed by atoms with Crippen molar-refractivity contribution in [3.63, 3.8) is 0 Å². The maximum absolute atomic E-state index is 10.2. The predicted molar refractivity (Wildman–Crippen MR) is 37.8 cm³/mol. The average Bonchev–Trinajstić information content (AvgIpc) is 1.84. The molecule has 0 saturated heterocycles. The second kappa shape index (κ2) is 3.25. The monoisotopic (exact) mass is 144 g/mol. The van der Waals surface area contributed by atoms with E-state index in [9.17, 15) is 4.79 Å². The van der Waals surface area contributed by atoms with Gasteiger partial charge in [0.1, 0.15) is 5.76 Å².